The molecule has 5 rings (SSSR count). The molecule has 4 aromatic rings. The minimum atomic E-state index is -0.890. The van der Waals surface area contributed by atoms with Gasteiger partial charge in [0.2, 0.25) is 0 Å². The summed E-state index contributed by atoms with van der Waals surface area (Å²) >= 11 is 5.92. The van der Waals surface area contributed by atoms with E-state index in [2.05, 4.69) is 10.3 Å². The van der Waals surface area contributed by atoms with Gasteiger partial charge in [-0.3, -0.25) is 4.79 Å². The molecular weight excluding hydrogens is 478 g/mol. The second kappa shape index (κ2) is 9.32. The summed E-state index contributed by atoms with van der Waals surface area (Å²) in [5, 5.41) is 13.5. The number of benzene rings is 2. The first-order valence-electron chi connectivity index (χ1n) is 11.8. The average Bonchev–Trinajstić information content (AvgIpc) is 2.82. The van der Waals surface area contributed by atoms with Crippen molar-refractivity contribution in [3.63, 3.8) is 0 Å². The normalized spacial score (nSPS) is 14.5. The standard InChI is InChI=1S/C28H26ClN3O4/c1-15-10-22(17(3)31-21-8-9-24(29)30-12-21)27-23(11-15)25(33)16(2)26(36-27)19-6-4-18(5-7-19)20-13-32(14-20)28(34)35/h4-12,17,20,31H,13-14H2,1-3H3,(H,34,35)/t17-/m1/s1. The van der Waals surface area contributed by atoms with Gasteiger partial charge >= 0.3 is 6.09 Å². The van der Waals surface area contributed by atoms with E-state index in [1.54, 1.807) is 19.2 Å². The number of carbonyl (C=O) groups is 1. The molecule has 1 amide bonds. The number of carboxylic acid groups (broad SMARTS) is 1. The van der Waals surface area contributed by atoms with Crippen molar-refractivity contribution in [2.24, 2.45) is 0 Å². The fourth-order valence-electron chi connectivity index (χ4n) is 4.71. The summed E-state index contributed by atoms with van der Waals surface area (Å²) in [5.41, 5.74) is 5.57. The van der Waals surface area contributed by atoms with Gasteiger partial charge in [0.05, 0.1) is 23.3 Å². The average molecular weight is 504 g/mol. The maximum absolute atomic E-state index is 13.4. The van der Waals surface area contributed by atoms with E-state index in [4.69, 9.17) is 21.1 Å². The second-order valence-corrected chi connectivity index (χ2v) is 9.75. The molecule has 0 aliphatic carbocycles. The summed E-state index contributed by atoms with van der Waals surface area (Å²) in [6, 6.07) is 15.1. The zero-order valence-electron chi connectivity index (χ0n) is 20.2. The third-order valence-corrected chi connectivity index (χ3v) is 6.99. The van der Waals surface area contributed by atoms with Crippen LogP contribution < -0.4 is 10.7 Å². The molecule has 3 heterocycles. The van der Waals surface area contributed by atoms with E-state index in [0.717, 1.165) is 27.9 Å². The van der Waals surface area contributed by atoms with Gasteiger partial charge in [-0.2, -0.15) is 0 Å². The Morgan fingerprint density at radius 1 is 1.17 bits per heavy atom. The third-order valence-electron chi connectivity index (χ3n) is 6.77. The van der Waals surface area contributed by atoms with Crippen LogP contribution in [0.1, 0.15) is 41.1 Å². The molecule has 1 aliphatic heterocycles. The molecule has 2 N–H and O–H groups in total. The minimum absolute atomic E-state index is 0.0586. The van der Waals surface area contributed by atoms with Gasteiger partial charge in [-0.1, -0.05) is 41.9 Å². The minimum Gasteiger partial charge on any atom is -0.465 e. The van der Waals surface area contributed by atoms with Crippen LogP contribution in [0.15, 0.2) is 63.9 Å². The molecule has 1 atom stereocenters. The van der Waals surface area contributed by atoms with E-state index in [1.807, 2.05) is 56.3 Å². The number of pyridine rings is 1. The van der Waals surface area contributed by atoms with Gasteiger partial charge in [0.15, 0.2) is 5.43 Å². The third kappa shape index (κ3) is 4.42. The Balaban J connectivity index is 1.52. The Kier molecular flexibility index (Phi) is 6.18. The summed E-state index contributed by atoms with van der Waals surface area (Å²) < 4.78 is 6.45. The van der Waals surface area contributed by atoms with E-state index < -0.39 is 6.09 Å². The number of hydrogen-bond donors (Lipinski definition) is 2. The Bertz CT molecular complexity index is 1510. The fourth-order valence-corrected chi connectivity index (χ4v) is 4.82. The lowest BCUT2D eigenvalue weighted by Gasteiger charge is -2.37. The number of halogens is 1. The second-order valence-electron chi connectivity index (χ2n) is 9.36. The van der Waals surface area contributed by atoms with Crippen molar-refractivity contribution in [1.82, 2.24) is 9.88 Å². The van der Waals surface area contributed by atoms with Crippen molar-refractivity contribution in [3.05, 3.63) is 92.4 Å². The summed E-state index contributed by atoms with van der Waals surface area (Å²) in [7, 11) is 0. The number of likely N-dealkylation sites (tertiary alicyclic amines) is 1. The molecule has 184 valence electrons. The lowest BCUT2D eigenvalue weighted by Crippen LogP contribution is -2.47. The number of nitrogens with one attached hydrogen (secondary N) is 1. The first-order chi connectivity index (χ1) is 17.2. The highest BCUT2D eigenvalue weighted by Crippen LogP contribution is 2.34. The molecule has 2 aromatic heterocycles. The molecule has 0 spiro atoms. The Hall–Kier alpha value is -3.84. The van der Waals surface area contributed by atoms with Gasteiger partial charge in [-0.05, 0) is 50.1 Å². The molecule has 8 heteroatoms. The van der Waals surface area contributed by atoms with Crippen LogP contribution in [-0.2, 0) is 0 Å². The molecule has 7 nitrogen and oxygen atoms in total. The number of anilines is 1. The van der Waals surface area contributed by atoms with Crippen molar-refractivity contribution < 1.29 is 14.3 Å². The van der Waals surface area contributed by atoms with Crippen molar-refractivity contribution in [3.8, 4) is 11.3 Å². The molecule has 1 aliphatic rings. The monoisotopic (exact) mass is 503 g/mol. The zero-order valence-corrected chi connectivity index (χ0v) is 21.0. The van der Waals surface area contributed by atoms with Crippen LogP contribution in [0.2, 0.25) is 5.15 Å². The van der Waals surface area contributed by atoms with Crippen LogP contribution in [-0.4, -0.2) is 34.2 Å². The number of fused-ring (bicyclic) bond motifs is 1. The first kappa shape index (κ1) is 23.9. The van der Waals surface area contributed by atoms with Crippen LogP contribution in [0.4, 0.5) is 10.5 Å². The highest BCUT2D eigenvalue weighted by molar-refractivity contribution is 6.29. The number of rotatable bonds is 5. The van der Waals surface area contributed by atoms with Crippen LogP contribution in [0, 0.1) is 13.8 Å². The molecule has 2 aromatic carbocycles. The van der Waals surface area contributed by atoms with E-state index in [9.17, 15) is 9.59 Å². The van der Waals surface area contributed by atoms with Crippen LogP contribution in [0.5, 0.6) is 0 Å². The van der Waals surface area contributed by atoms with Crippen LogP contribution in [0.25, 0.3) is 22.3 Å². The topological polar surface area (TPSA) is 95.7 Å². The van der Waals surface area contributed by atoms with Crippen molar-refractivity contribution in [1.29, 1.82) is 0 Å². The van der Waals surface area contributed by atoms with Gasteiger partial charge < -0.3 is 19.7 Å². The van der Waals surface area contributed by atoms with Gasteiger partial charge in [-0.25, -0.2) is 9.78 Å². The van der Waals surface area contributed by atoms with E-state index in [1.165, 1.54) is 4.90 Å². The predicted molar refractivity (Wildman–Crippen MR) is 141 cm³/mol. The Morgan fingerprint density at radius 3 is 2.53 bits per heavy atom. The number of hydrogen-bond acceptors (Lipinski definition) is 5. The largest absolute Gasteiger partial charge is 0.465 e. The van der Waals surface area contributed by atoms with E-state index in [0.29, 0.717) is 40.5 Å². The highest BCUT2D eigenvalue weighted by Gasteiger charge is 2.31. The summed E-state index contributed by atoms with van der Waals surface area (Å²) in [6.07, 6.45) is 0.778. The summed E-state index contributed by atoms with van der Waals surface area (Å²) in [6.45, 7) is 6.75. The highest BCUT2D eigenvalue weighted by atomic mass is 35.5. The maximum atomic E-state index is 13.4. The van der Waals surface area contributed by atoms with Crippen LogP contribution in [0.3, 0.4) is 0 Å². The maximum Gasteiger partial charge on any atom is 0.407 e. The number of aromatic nitrogens is 1. The summed E-state index contributed by atoms with van der Waals surface area (Å²) in [5.74, 6) is 0.717. The lowest BCUT2D eigenvalue weighted by molar-refractivity contribution is 0.105. The molecule has 0 saturated carbocycles. The molecule has 0 bridgehead atoms. The molecule has 0 unspecified atom stereocenters. The SMILES string of the molecule is Cc1cc([C@@H](C)Nc2ccc(Cl)nc2)c2oc(-c3ccc(C4CN(C(=O)O)C4)cc3)c(C)c(=O)c2c1. The van der Waals surface area contributed by atoms with Crippen LogP contribution >= 0.6 is 11.6 Å². The molecule has 1 saturated heterocycles. The van der Waals surface area contributed by atoms with Gasteiger partial charge in [0.25, 0.3) is 0 Å². The molecule has 0 radical (unpaired) electrons. The Labute approximate surface area is 213 Å². The molecular formula is C28H26ClN3O4. The van der Waals surface area contributed by atoms with E-state index >= 15 is 0 Å². The zero-order chi connectivity index (χ0) is 25.6. The fraction of sp³-hybridized carbons (Fsp3) is 0.250. The lowest BCUT2D eigenvalue weighted by atomic mass is 9.91. The molecule has 1 fully saturated rings. The van der Waals surface area contributed by atoms with Crippen molar-refractivity contribution in [2.45, 2.75) is 32.7 Å². The quantitative estimate of drug-likeness (QED) is 0.307. The number of nitrogens with zero attached hydrogens (tertiary/aromatic N) is 2. The molecule has 36 heavy (non-hydrogen) atoms. The predicted octanol–water partition coefficient (Wildman–Crippen LogP) is 6.38. The number of amides is 1. The van der Waals surface area contributed by atoms with Gasteiger partial charge in [0, 0.05) is 35.7 Å². The van der Waals surface area contributed by atoms with E-state index in [-0.39, 0.29) is 17.4 Å². The Morgan fingerprint density at radius 2 is 1.89 bits per heavy atom. The number of aryl methyl sites for hydroxylation is 1. The van der Waals surface area contributed by atoms with Crippen molar-refractivity contribution >= 4 is 34.4 Å². The van der Waals surface area contributed by atoms with Gasteiger partial charge in [-0.15, -0.1) is 0 Å². The van der Waals surface area contributed by atoms with Crippen molar-refractivity contribution in [2.75, 3.05) is 18.4 Å². The smallest absolute Gasteiger partial charge is 0.407 e. The first-order valence-corrected chi connectivity index (χ1v) is 12.1. The van der Waals surface area contributed by atoms with Gasteiger partial charge in [0.1, 0.15) is 16.5 Å². The summed E-state index contributed by atoms with van der Waals surface area (Å²) in [4.78, 5) is 30.0.